The Morgan fingerprint density at radius 3 is 1.68 bits per heavy atom. The zero-order chi connectivity index (χ0) is 24.5. The molecule has 0 unspecified atom stereocenters. The zero-order valence-corrected chi connectivity index (χ0v) is 22.5. The van der Waals surface area contributed by atoms with Gasteiger partial charge in [0.15, 0.2) is 0 Å². The fraction of sp³-hybridized carbons (Fsp3) is 0.167. The molecule has 0 aliphatic rings. The standard InChI is InChI=1S/C30H32BrO2P/c1-4-33-30(32)23-25(2)15-14-16-26(3)24-34(31,27-17-8-5-9-18-27,28-19-10-6-11-20-28)29-21-12-7-13-22-29/h5-23H,4,24H2,1-3H3. The van der Waals surface area contributed by atoms with Crippen molar-refractivity contribution in [2.24, 2.45) is 0 Å². The number of carbonyl (C=O) groups excluding carboxylic acids is 1. The summed E-state index contributed by atoms with van der Waals surface area (Å²) in [5, 5.41) is 0.881. The molecule has 0 aliphatic heterocycles. The minimum atomic E-state index is -3.00. The van der Waals surface area contributed by atoms with Gasteiger partial charge < -0.3 is 0 Å². The Bertz CT molecular complexity index is 1080. The van der Waals surface area contributed by atoms with Gasteiger partial charge in [-0.05, 0) is 0 Å². The van der Waals surface area contributed by atoms with Crippen LogP contribution in [0.1, 0.15) is 20.8 Å². The fourth-order valence-electron chi connectivity index (χ4n) is 4.24. The van der Waals surface area contributed by atoms with Gasteiger partial charge in [0.05, 0.1) is 0 Å². The third-order valence-electron chi connectivity index (χ3n) is 5.80. The maximum absolute atomic E-state index is 11.7. The molecule has 0 aliphatic carbocycles. The molecule has 4 heteroatoms. The number of ether oxygens (including phenoxy) is 1. The van der Waals surface area contributed by atoms with Crippen LogP contribution in [0.2, 0.25) is 0 Å². The van der Waals surface area contributed by atoms with Gasteiger partial charge in [-0.1, -0.05) is 0 Å². The van der Waals surface area contributed by atoms with E-state index in [1.165, 1.54) is 27.6 Å². The van der Waals surface area contributed by atoms with Gasteiger partial charge in [-0.2, -0.15) is 0 Å². The predicted molar refractivity (Wildman–Crippen MR) is 152 cm³/mol. The van der Waals surface area contributed by atoms with Crippen LogP contribution in [0, 0.1) is 0 Å². The number of benzene rings is 3. The van der Waals surface area contributed by atoms with Gasteiger partial charge >= 0.3 is 212 Å². The Labute approximate surface area is 211 Å². The van der Waals surface area contributed by atoms with Crippen molar-refractivity contribution in [2.45, 2.75) is 20.8 Å². The van der Waals surface area contributed by atoms with Crippen molar-refractivity contribution in [3.05, 3.63) is 126 Å². The Hall–Kier alpha value is -2.74. The van der Waals surface area contributed by atoms with Crippen LogP contribution in [0.15, 0.2) is 126 Å². The third kappa shape index (κ3) is 5.66. The number of halogens is 1. The van der Waals surface area contributed by atoms with Crippen LogP contribution in [-0.2, 0) is 9.53 Å². The van der Waals surface area contributed by atoms with Crippen LogP contribution < -0.4 is 15.9 Å². The summed E-state index contributed by atoms with van der Waals surface area (Å²) in [5.41, 5.74) is 2.10. The molecule has 3 aromatic carbocycles. The summed E-state index contributed by atoms with van der Waals surface area (Å²) in [4.78, 5) is 11.7. The Morgan fingerprint density at radius 1 is 0.824 bits per heavy atom. The van der Waals surface area contributed by atoms with Crippen LogP contribution in [0.4, 0.5) is 0 Å². The first kappa shape index (κ1) is 25.9. The summed E-state index contributed by atoms with van der Waals surface area (Å²) < 4.78 is 5.00. The first-order valence-electron chi connectivity index (χ1n) is 11.5. The van der Waals surface area contributed by atoms with Crippen LogP contribution in [0.5, 0.6) is 0 Å². The summed E-state index contributed by atoms with van der Waals surface area (Å²) in [5.74, 6) is -0.312. The van der Waals surface area contributed by atoms with Crippen LogP contribution in [0.25, 0.3) is 0 Å². The molecule has 34 heavy (non-hydrogen) atoms. The van der Waals surface area contributed by atoms with Crippen molar-refractivity contribution in [3.63, 3.8) is 0 Å². The molecule has 0 amide bonds. The van der Waals surface area contributed by atoms with E-state index in [2.05, 4.69) is 119 Å². The summed E-state index contributed by atoms with van der Waals surface area (Å²) in [7, 11) is 0. The summed E-state index contributed by atoms with van der Waals surface area (Å²) in [6, 6.07) is 32.3. The molecule has 0 bridgehead atoms. The molecule has 0 fully saturated rings. The molecular weight excluding hydrogens is 503 g/mol. The average molecular weight is 535 g/mol. The van der Waals surface area contributed by atoms with E-state index in [9.17, 15) is 4.79 Å². The summed E-state index contributed by atoms with van der Waals surface area (Å²) >= 11 is 4.48. The van der Waals surface area contributed by atoms with E-state index in [0.29, 0.717) is 6.61 Å². The second-order valence-corrected chi connectivity index (χ2v) is 17.3. The fourth-order valence-corrected chi connectivity index (χ4v) is 12.4. The Morgan fingerprint density at radius 2 is 1.26 bits per heavy atom. The summed E-state index contributed by atoms with van der Waals surface area (Å²) in [6.45, 7) is 6.26. The molecule has 0 spiro atoms. The van der Waals surface area contributed by atoms with Crippen molar-refractivity contribution in [3.8, 4) is 0 Å². The number of rotatable bonds is 9. The molecule has 0 aromatic heterocycles. The van der Waals surface area contributed by atoms with Crippen molar-refractivity contribution < 1.29 is 9.53 Å². The molecule has 176 valence electrons. The van der Waals surface area contributed by atoms with Gasteiger partial charge in [-0.25, -0.2) is 0 Å². The van der Waals surface area contributed by atoms with Gasteiger partial charge in [0.1, 0.15) is 0 Å². The van der Waals surface area contributed by atoms with E-state index in [1.807, 2.05) is 19.1 Å². The van der Waals surface area contributed by atoms with E-state index in [1.54, 1.807) is 6.92 Å². The zero-order valence-electron chi connectivity index (χ0n) is 20.0. The molecule has 0 radical (unpaired) electrons. The van der Waals surface area contributed by atoms with E-state index in [0.717, 1.165) is 11.7 Å². The first-order chi connectivity index (χ1) is 16.4. The van der Waals surface area contributed by atoms with Gasteiger partial charge in [-0.3, -0.25) is 0 Å². The second-order valence-electron chi connectivity index (χ2n) is 8.36. The molecule has 0 N–H and O–H groups in total. The summed E-state index contributed by atoms with van der Waals surface area (Å²) in [6.07, 6.45) is 8.45. The van der Waals surface area contributed by atoms with Gasteiger partial charge in [-0.15, -0.1) is 0 Å². The molecule has 0 atom stereocenters. The number of hydrogen-bond acceptors (Lipinski definition) is 2. The van der Waals surface area contributed by atoms with E-state index in [-0.39, 0.29) is 5.97 Å². The Balaban J connectivity index is 2.11. The maximum atomic E-state index is 11.7. The normalized spacial score (nSPS) is 13.9. The van der Waals surface area contributed by atoms with Crippen molar-refractivity contribution in [1.82, 2.24) is 0 Å². The molecule has 2 nitrogen and oxygen atoms in total. The first-order valence-corrected chi connectivity index (χ1v) is 15.9. The number of allylic oxidation sites excluding steroid dienone is 5. The topological polar surface area (TPSA) is 26.3 Å². The van der Waals surface area contributed by atoms with Gasteiger partial charge in [0, 0.05) is 0 Å². The monoisotopic (exact) mass is 534 g/mol. The average Bonchev–Trinajstić information content (AvgIpc) is 2.86. The van der Waals surface area contributed by atoms with Crippen LogP contribution in [0.3, 0.4) is 0 Å². The molecule has 3 aromatic rings. The van der Waals surface area contributed by atoms with Gasteiger partial charge in [0.25, 0.3) is 0 Å². The predicted octanol–water partition coefficient (Wildman–Crippen LogP) is 6.84. The van der Waals surface area contributed by atoms with E-state index >= 15 is 0 Å². The minimum absolute atomic E-state index is 0.312. The quantitative estimate of drug-likeness (QED) is 0.130. The number of esters is 1. The SMILES string of the molecule is CCOC(=O)C=C(C)C=CC=C(C)CP(Br)(c1ccccc1)(c1ccccc1)c1ccccc1. The molecule has 0 heterocycles. The van der Waals surface area contributed by atoms with Crippen LogP contribution >= 0.6 is 20.8 Å². The molecular formula is C30H32BrO2P. The van der Waals surface area contributed by atoms with E-state index in [4.69, 9.17) is 4.74 Å². The van der Waals surface area contributed by atoms with Crippen LogP contribution in [-0.4, -0.2) is 18.7 Å². The molecule has 0 saturated carbocycles. The number of hydrogen-bond donors (Lipinski definition) is 0. The molecule has 3 rings (SSSR count). The second kappa shape index (κ2) is 11.6. The van der Waals surface area contributed by atoms with Crippen molar-refractivity contribution in [2.75, 3.05) is 12.8 Å². The van der Waals surface area contributed by atoms with Crippen molar-refractivity contribution >= 4 is 42.7 Å². The van der Waals surface area contributed by atoms with E-state index < -0.39 is 5.31 Å². The number of carbonyl (C=O) groups is 1. The molecule has 0 saturated heterocycles. The third-order valence-corrected chi connectivity index (χ3v) is 15.5. The Kier molecular flexibility index (Phi) is 8.83. The van der Waals surface area contributed by atoms with Gasteiger partial charge in [0.2, 0.25) is 0 Å². The van der Waals surface area contributed by atoms with Crippen molar-refractivity contribution in [1.29, 1.82) is 0 Å².